The molecule has 128 valence electrons. The molecule has 0 spiro atoms. The minimum atomic E-state index is -0.325. The van der Waals surface area contributed by atoms with Crippen molar-refractivity contribution < 1.29 is 9.21 Å². The van der Waals surface area contributed by atoms with E-state index >= 15 is 0 Å². The molecule has 3 aromatic rings. The van der Waals surface area contributed by atoms with Gasteiger partial charge in [-0.25, -0.2) is 0 Å². The molecule has 0 radical (unpaired) electrons. The quantitative estimate of drug-likeness (QED) is 0.682. The van der Waals surface area contributed by atoms with Crippen LogP contribution >= 0.6 is 11.8 Å². The van der Waals surface area contributed by atoms with E-state index in [9.17, 15) is 4.79 Å². The zero-order chi connectivity index (χ0) is 17.6. The Labute approximate surface area is 150 Å². The van der Waals surface area contributed by atoms with Crippen LogP contribution in [0.15, 0.2) is 64.2 Å². The summed E-state index contributed by atoms with van der Waals surface area (Å²) >= 11 is 1.25. The van der Waals surface area contributed by atoms with Gasteiger partial charge < -0.3 is 9.73 Å². The second kappa shape index (κ2) is 7.98. The molecule has 0 aliphatic carbocycles. The molecule has 6 heteroatoms. The molecule has 0 aliphatic heterocycles. The molecule has 0 saturated carbocycles. The lowest BCUT2D eigenvalue weighted by Crippen LogP contribution is -2.30. The van der Waals surface area contributed by atoms with E-state index in [4.69, 9.17) is 4.42 Å². The lowest BCUT2D eigenvalue weighted by atomic mass is 10.1. The summed E-state index contributed by atoms with van der Waals surface area (Å²) in [6, 6.07) is 17.6. The highest BCUT2D eigenvalue weighted by Crippen LogP contribution is 2.26. The first-order valence-corrected chi connectivity index (χ1v) is 8.88. The lowest BCUT2D eigenvalue weighted by Gasteiger charge is -2.10. The molecule has 0 fully saturated rings. The zero-order valence-electron chi connectivity index (χ0n) is 14.1. The fourth-order valence-electron chi connectivity index (χ4n) is 2.20. The number of nitrogens with one attached hydrogen (secondary N) is 1. The van der Waals surface area contributed by atoms with Crippen LogP contribution in [0.3, 0.4) is 0 Å². The van der Waals surface area contributed by atoms with Crippen molar-refractivity contribution in [3.63, 3.8) is 0 Å². The maximum atomic E-state index is 12.2. The number of aryl methyl sites for hydroxylation is 1. The Balaban J connectivity index is 1.54. The number of rotatable bonds is 6. The number of carbonyl (C=O) groups excluding carboxylic acids is 1. The Morgan fingerprint density at radius 1 is 1.12 bits per heavy atom. The van der Waals surface area contributed by atoms with Crippen molar-refractivity contribution in [1.29, 1.82) is 0 Å². The monoisotopic (exact) mass is 353 g/mol. The summed E-state index contributed by atoms with van der Waals surface area (Å²) in [6.07, 6.45) is 0. The first kappa shape index (κ1) is 17.2. The normalized spacial score (nSPS) is 11.9. The van der Waals surface area contributed by atoms with Crippen LogP contribution in [-0.4, -0.2) is 21.4 Å². The molecular weight excluding hydrogens is 334 g/mol. The number of nitrogens with zero attached hydrogens (tertiary/aromatic N) is 2. The second-order valence-electron chi connectivity index (χ2n) is 5.70. The van der Waals surface area contributed by atoms with Crippen molar-refractivity contribution in [2.75, 3.05) is 0 Å². The minimum absolute atomic E-state index is 0.0648. The Morgan fingerprint density at radius 2 is 1.84 bits per heavy atom. The molecular formula is C19H19N3O2S. The predicted molar refractivity (Wildman–Crippen MR) is 98.1 cm³/mol. The van der Waals surface area contributed by atoms with Gasteiger partial charge in [0, 0.05) is 12.1 Å². The van der Waals surface area contributed by atoms with Crippen molar-refractivity contribution in [1.82, 2.24) is 15.5 Å². The van der Waals surface area contributed by atoms with Crippen LogP contribution in [0.1, 0.15) is 18.1 Å². The van der Waals surface area contributed by atoms with Crippen LogP contribution in [0, 0.1) is 6.92 Å². The number of carbonyl (C=O) groups is 1. The largest absolute Gasteiger partial charge is 0.411 e. The van der Waals surface area contributed by atoms with Crippen LogP contribution in [0.5, 0.6) is 0 Å². The zero-order valence-corrected chi connectivity index (χ0v) is 14.9. The van der Waals surface area contributed by atoms with Gasteiger partial charge in [-0.3, -0.25) is 4.79 Å². The summed E-state index contributed by atoms with van der Waals surface area (Å²) in [5.74, 6) is 0.389. The van der Waals surface area contributed by atoms with Gasteiger partial charge in [0.15, 0.2) is 0 Å². The van der Waals surface area contributed by atoms with Crippen molar-refractivity contribution in [3.8, 4) is 11.5 Å². The molecule has 1 heterocycles. The van der Waals surface area contributed by atoms with E-state index in [-0.39, 0.29) is 11.2 Å². The smallest absolute Gasteiger partial charge is 0.277 e. The van der Waals surface area contributed by atoms with Crippen LogP contribution in [0.25, 0.3) is 11.5 Å². The van der Waals surface area contributed by atoms with E-state index in [0.717, 1.165) is 11.1 Å². The van der Waals surface area contributed by atoms with Gasteiger partial charge in [-0.05, 0) is 31.5 Å². The molecule has 2 aromatic carbocycles. The standard InChI is InChI=1S/C19H19N3O2S/c1-13-8-10-15(11-9-13)12-20-17(23)14(2)25-19-22-21-18(24-19)16-6-4-3-5-7-16/h3-11,14H,12H2,1-2H3,(H,20,23)/t14-/m0/s1. The number of benzene rings is 2. The molecule has 0 bridgehead atoms. The Morgan fingerprint density at radius 3 is 2.56 bits per heavy atom. The fourth-order valence-corrected chi connectivity index (χ4v) is 2.91. The molecule has 5 nitrogen and oxygen atoms in total. The molecule has 1 aromatic heterocycles. The van der Waals surface area contributed by atoms with Crippen LogP contribution in [0.2, 0.25) is 0 Å². The van der Waals surface area contributed by atoms with Gasteiger partial charge in [0.25, 0.3) is 5.22 Å². The van der Waals surface area contributed by atoms with Crippen molar-refractivity contribution in [2.45, 2.75) is 30.9 Å². The first-order valence-electron chi connectivity index (χ1n) is 8.00. The Hall–Kier alpha value is -2.60. The minimum Gasteiger partial charge on any atom is -0.411 e. The summed E-state index contributed by atoms with van der Waals surface area (Å²) in [5.41, 5.74) is 3.13. The average Bonchev–Trinajstić information content (AvgIpc) is 3.10. The molecule has 25 heavy (non-hydrogen) atoms. The molecule has 1 amide bonds. The highest BCUT2D eigenvalue weighted by atomic mass is 32.2. The summed E-state index contributed by atoms with van der Waals surface area (Å²) in [5, 5.41) is 11.0. The van der Waals surface area contributed by atoms with Crippen LogP contribution < -0.4 is 5.32 Å². The summed E-state index contributed by atoms with van der Waals surface area (Å²) in [6.45, 7) is 4.36. The number of amides is 1. The van der Waals surface area contributed by atoms with E-state index in [0.29, 0.717) is 17.7 Å². The average molecular weight is 353 g/mol. The number of aromatic nitrogens is 2. The van der Waals surface area contributed by atoms with Crippen LogP contribution in [0.4, 0.5) is 0 Å². The van der Waals surface area contributed by atoms with E-state index in [1.165, 1.54) is 17.3 Å². The SMILES string of the molecule is Cc1ccc(CNC(=O)[C@H](C)Sc2nnc(-c3ccccc3)o2)cc1. The van der Waals surface area contributed by atoms with Gasteiger partial charge in [0.1, 0.15) is 0 Å². The molecule has 0 saturated heterocycles. The molecule has 1 N–H and O–H groups in total. The van der Waals surface area contributed by atoms with Gasteiger partial charge in [-0.15, -0.1) is 10.2 Å². The number of hydrogen-bond donors (Lipinski definition) is 1. The van der Waals surface area contributed by atoms with E-state index in [1.54, 1.807) is 0 Å². The third kappa shape index (κ3) is 4.70. The first-order chi connectivity index (χ1) is 12.1. The maximum Gasteiger partial charge on any atom is 0.277 e. The van der Waals surface area contributed by atoms with E-state index < -0.39 is 0 Å². The van der Waals surface area contributed by atoms with Crippen LogP contribution in [-0.2, 0) is 11.3 Å². The van der Waals surface area contributed by atoms with Gasteiger partial charge in [-0.2, -0.15) is 0 Å². The fraction of sp³-hybridized carbons (Fsp3) is 0.211. The van der Waals surface area contributed by atoms with Gasteiger partial charge >= 0.3 is 0 Å². The highest BCUT2D eigenvalue weighted by molar-refractivity contribution is 8.00. The van der Waals surface area contributed by atoms with E-state index in [1.807, 2.05) is 68.4 Å². The van der Waals surface area contributed by atoms with E-state index in [2.05, 4.69) is 15.5 Å². The molecule has 0 unspecified atom stereocenters. The van der Waals surface area contributed by atoms with Crippen molar-refractivity contribution in [2.24, 2.45) is 0 Å². The molecule has 0 aliphatic rings. The molecule has 1 atom stereocenters. The Bertz CT molecular complexity index is 831. The highest BCUT2D eigenvalue weighted by Gasteiger charge is 2.18. The summed E-state index contributed by atoms with van der Waals surface area (Å²) in [7, 11) is 0. The summed E-state index contributed by atoms with van der Waals surface area (Å²) < 4.78 is 5.63. The third-order valence-corrected chi connectivity index (χ3v) is 4.60. The molecule has 3 rings (SSSR count). The van der Waals surface area contributed by atoms with Gasteiger partial charge in [0.2, 0.25) is 11.8 Å². The van der Waals surface area contributed by atoms with Crippen molar-refractivity contribution in [3.05, 3.63) is 65.7 Å². The summed E-state index contributed by atoms with van der Waals surface area (Å²) in [4.78, 5) is 12.2. The topological polar surface area (TPSA) is 68.0 Å². The van der Waals surface area contributed by atoms with Gasteiger partial charge in [-0.1, -0.05) is 59.8 Å². The Kier molecular flexibility index (Phi) is 5.50. The lowest BCUT2D eigenvalue weighted by molar-refractivity contribution is -0.120. The predicted octanol–water partition coefficient (Wildman–Crippen LogP) is 3.84. The van der Waals surface area contributed by atoms with Crippen molar-refractivity contribution >= 4 is 17.7 Å². The second-order valence-corrected chi connectivity index (χ2v) is 6.99. The number of thioether (sulfide) groups is 1. The van der Waals surface area contributed by atoms with Gasteiger partial charge in [0.05, 0.1) is 5.25 Å². The maximum absolute atomic E-state index is 12.2. The number of hydrogen-bond acceptors (Lipinski definition) is 5. The third-order valence-electron chi connectivity index (χ3n) is 3.66.